The van der Waals surface area contributed by atoms with Gasteiger partial charge in [-0.3, -0.25) is 4.79 Å². The average molecular weight is 257 g/mol. The van der Waals surface area contributed by atoms with Gasteiger partial charge < -0.3 is 4.74 Å². The molecule has 0 radical (unpaired) electrons. The molecular formula is C11H13BrO2. The maximum Gasteiger partial charge on any atom is 0.153 e. The molecule has 0 spiro atoms. The van der Waals surface area contributed by atoms with Crippen molar-refractivity contribution >= 4 is 22.2 Å². The number of ether oxygens (including phenoxy) is 1. The number of aldehydes is 1. The smallest absolute Gasteiger partial charge is 0.153 e. The number of carbonyl (C=O) groups excluding carboxylic acids is 1. The number of hydrogen-bond acceptors (Lipinski definition) is 2. The van der Waals surface area contributed by atoms with E-state index in [1.165, 1.54) is 0 Å². The van der Waals surface area contributed by atoms with E-state index in [-0.39, 0.29) is 6.10 Å². The van der Waals surface area contributed by atoms with E-state index >= 15 is 0 Å². The highest BCUT2D eigenvalue weighted by molar-refractivity contribution is 9.10. The summed E-state index contributed by atoms with van der Waals surface area (Å²) in [6.07, 6.45) is 1.87. The second-order valence-corrected chi connectivity index (χ2v) is 4.05. The highest BCUT2D eigenvalue weighted by Crippen LogP contribution is 2.23. The fourth-order valence-corrected chi connectivity index (χ4v) is 1.40. The molecule has 1 unspecified atom stereocenters. The maximum absolute atomic E-state index is 10.7. The van der Waals surface area contributed by atoms with Gasteiger partial charge in [0.25, 0.3) is 0 Å². The third-order valence-electron chi connectivity index (χ3n) is 2.00. The molecule has 1 aromatic carbocycles. The van der Waals surface area contributed by atoms with E-state index in [1.54, 1.807) is 12.1 Å². The molecule has 14 heavy (non-hydrogen) atoms. The summed E-state index contributed by atoms with van der Waals surface area (Å²) in [4.78, 5) is 10.7. The topological polar surface area (TPSA) is 26.3 Å². The second-order valence-electron chi connectivity index (χ2n) is 3.14. The molecule has 0 amide bonds. The summed E-state index contributed by atoms with van der Waals surface area (Å²) < 4.78 is 6.47. The number of rotatable bonds is 4. The zero-order valence-electron chi connectivity index (χ0n) is 8.29. The number of halogens is 1. The van der Waals surface area contributed by atoms with Crippen molar-refractivity contribution < 1.29 is 9.53 Å². The van der Waals surface area contributed by atoms with Crippen LogP contribution in [0, 0.1) is 0 Å². The Balaban J connectivity index is 2.90. The molecule has 0 fully saturated rings. The zero-order valence-corrected chi connectivity index (χ0v) is 9.87. The lowest BCUT2D eigenvalue weighted by Crippen LogP contribution is -2.10. The van der Waals surface area contributed by atoms with Crippen LogP contribution >= 0.6 is 15.9 Å². The van der Waals surface area contributed by atoms with Gasteiger partial charge in [-0.15, -0.1) is 0 Å². The predicted octanol–water partition coefficient (Wildman–Crippen LogP) is 3.44. The van der Waals surface area contributed by atoms with Crippen LogP contribution in [0.25, 0.3) is 0 Å². The monoisotopic (exact) mass is 256 g/mol. The van der Waals surface area contributed by atoms with E-state index in [0.717, 1.165) is 17.2 Å². The van der Waals surface area contributed by atoms with Gasteiger partial charge in [0.2, 0.25) is 0 Å². The molecule has 0 heterocycles. The summed E-state index contributed by atoms with van der Waals surface area (Å²) in [5, 5.41) is 0. The summed E-state index contributed by atoms with van der Waals surface area (Å²) >= 11 is 3.31. The fourth-order valence-electron chi connectivity index (χ4n) is 1.02. The molecule has 2 nitrogen and oxygen atoms in total. The Labute approximate surface area is 92.4 Å². The minimum Gasteiger partial charge on any atom is -0.490 e. The molecule has 1 aromatic rings. The highest BCUT2D eigenvalue weighted by atomic mass is 79.9. The van der Waals surface area contributed by atoms with Crippen molar-refractivity contribution in [2.24, 2.45) is 0 Å². The van der Waals surface area contributed by atoms with Crippen LogP contribution in [0.3, 0.4) is 0 Å². The summed E-state index contributed by atoms with van der Waals surface area (Å²) in [7, 11) is 0. The van der Waals surface area contributed by atoms with Gasteiger partial charge in [0.05, 0.1) is 11.7 Å². The first-order valence-corrected chi connectivity index (χ1v) is 5.38. The van der Waals surface area contributed by atoms with Crippen LogP contribution in [0.15, 0.2) is 22.7 Å². The van der Waals surface area contributed by atoms with Gasteiger partial charge in [0.15, 0.2) is 6.29 Å². The molecular weight excluding hydrogens is 244 g/mol. The Bertz CT molecular complexity index is 323. The van der Waals surface area contributed by atoms with Gasteiger partial charge in [-0.05, 0) is 31.5 Å². The van der Waals surface area contributed by atoms with E-state index in [1.807, 2.05) is 19.9 Å². The van der Waals surface area contributed by atoms with Crippen LogP contribution in [0.5, 0.6) is 5.75 Å². The van der Waals surface area contributed by atoms with Crippen LogP contribution in [0.2, 0.25) is 0 Å². The Morgan fingerprint density at radius 2 is 2.29 bits per heavy atom. The van der Waals surface area contributed by atoms with Crippen LogP contribution in [0.1, 0.15) is 30.6 Å². The maximum atomic E-state index is 10.7. The SMILES string of the molecule is CCC(C)Oc1ccc(Br)cc1C=O. The third-order valence-corrected chi connectivity index (χ3v) is 2.50. The van der Waals surface area contributed by atoms with Crippen molar-refractivity contribution in [2.75, 3.05) is 0 Å². The van der Waals surface area contributed by atoms with Gasteiger partial charge in [-0.25, -0.2) is 0 Å². The molecule has 0 N–H and O–H groups in total. The van der Waals surface area contributed by atoms with E-state index in [2.05, 4.69) is 15.9 Å². The minimum absolute atomic E-state index is 0.134. The highest BCUT2D eigenvalue weighted by Gasteiger charge is 2.06. The quantitative estimate of drug-likeness (QED) is 0.772. The third kappa shape index (κ3) is 2.84. The van der Waals surface area contributed by atoms with Crippen LogP contribution in [0.4, 0.5) is 0 Å². The standard InChI is InChI=1S/C11H13BrO2/c1-3-8(2)14-11-5-4-10(12)6-9(11)7-13/h4-8H,3H2,1-2H3. The van der Waals surface area contributed by atoms with E-state index in [9.17, 15) is 4.79 Å². The molecule has 1 rings (SSSR count). The van der Waals surface area contributed by atoms with Crippen molar-refractivity contribution in [3.8, 4) is 5.75 Å². The molecule has 1 atom stereocenters. The zero-order chi connectivity index (χ0) is 10.6. The van der Waals surface area contributed by atoms with Crippen molar-refractivity contribution in [3.05, 3.63) is 28.2 Å². The lowest BCUT2D eigenvalue weighted by Gasteiger charge is -2.14. The predicted molar refractivity (Wildman–Crippen MR) is 59.9 cm³/mol. The molecule has 0 saturated carbocycles. The molecule has 0 aliphatic rings. The summed E-state index contributed by atoms with van der Waals surface area (Å²) in [5.41, 5.74) is 0.583. The lowest BCUT2D eigenvalue weighted by atomic mass is 10.2. The molecule has 0 aliphatic carbocycles. The summed E-state index contributed by atoms with van der Waals surface area (Å²) in [6.45, 7) is 4.03. The Hall–Kier alpha value is -0.830. The Morgan fingerprint density at radius 1 is 1.57 bits per heavy atom. The van der Waals surface area contributed by atoms with Gasteiger partial charge >= 0.3 is 0 Å². The van der Waals surface area contributed by atoms with Crippen LogP contribution < -0.4 is 4.74 Å². The van der Waals surface area contributed by atoms with E-state index < -0.39 is 0 Å². The first-order valence-electron chi connectivity index (χ1n) is 4.58. The lowest BCUT2D eigenvalue weighted by molar-refractivity contribution is 0.111. The molecule has 0 aromatic heterocycles. The average Bonchev–Trinajstić information content (AvgIpc) is 2.20. The van der Waals surface area contributed by atoms with E-state index in [0.29, 0.717) is 11.3 Å². The Morgan fingerprint density at radius 3 is 2.86 bits per heavy atom. The molecule has 0 aliphatic heterocycles. The van der Waals surface area contributed by atoms with Crippen LogP contribution in [-0.4, -0.2) is 12.4 Å². The molecule has 0 saturated heterocycles. The minimum atomic E-state index is 0.134. The largest absolute Gasteiger partial charge is 0.490 e. The van der Waals surface area contributed by atoms with Gasteiger partial charge in [-0.2, -0.15) is 0 Å². The molecule has 76 valence electrons. The Kier molecular flexibility index (Phi) is 4.14. The van der Waals surface area contributed by atoms with E-state index in [4.69, 9.17) is 4.74 Å². The van der Waals surface area contributed by atoms with Crippen molar-refractivity contribution in [1.82, 2.24) is 0 Å². The molecule has 3 heteroatoms. The van der Waals surface area contributed by atoms with Gasteiger partial charge in [-0.1, -0.05) is 22.9 Å². The normalized spacial score (nSPS) is 12.2. The van der Waals surface area contributed by atoms with Crippen molar-refractivity contribution in [2.45, 2.75) is 26.4 Å². The summed E-state index contributed by atoms with van der Waals surface area (Å²) in [5.74, 6) is 0.651. The van der Waals surface area contributed by atoms with Crippen molar-refractivity contribution in [1.29, 1.82) is 0 Å². The second kappa shape index (κ2) is 5.15. The summed E-state index contributed by atoms with van der Waals surface area (Å²) in [6, 6.07) is 5.43. The number of hydrogen-bond donors (Lipinski definition) is 0. The fraction of sp³-hybridized carbons (Fsp3) is 0.364. The van der Waals surface area contributed by atoms with Crippen molar-refractivity contribution in [3.63, 3.8) is 0 Å². The number of carbonyl (C=O) groups is 1. The van der Waals surface area contributed by atoms with Gasteiger partial charge in [0.1, 0.15) is 5.75 Å². The van der Waals surface area contributed by atoms with Crippen LogP contribution in [-0.2, 0) is 0 Å². The number of benzene rings is 1. The first-order chi connectivity index (χ1) is 6.67. The first kappa shape index (κ1) is 11.2. The molecule has 0 bridgehead atoms. The van der Waals surface area contributed by atoms with Gasteiger partial charge in [0, 0.05) is 4.47 Å².